The van der Waals surface area contributed by atoms with Crippen LogP contribution < -0.4 is 15.0 Å². The lowest BCUT2D eigenvalue weighted by Gasteiger charge is -2.33. The zero-order chi connectivity index (χ0) is 18.3. The molecular formula is C20H18N2O4. The Bertz CT molecular complexity index is 1010. The van der Waals surface area contributed by atoms with Crippen molar-refractivity contribution in [3.05, 3.63) is 59.9 Å². The van der Waals surface area contributed by atoms with Crippen LogP contribution in [0.3, 0.4) is 0 Å². The molecule has 1 aliphatic rings. The molecule has 0 saturated carbocycles. The number of aryl methyl sites for hydroxylation is 1. The molecule has 0 bridgehead atoms. The molecule has 0 aliphatic carbocycles. The lowest BCUT2D eigenvalue weighted by atomic mass is 10.1. The molecule has 0 spiro atoms. The minimum absolute atomic E-state index is 0.117. The van der Waals surface area contributed by atoms with Gasteiger partial charge in [0.05, 0.1) is 12.2 Å². The monoisotopic (exact) mass is 350 g/mol. The number of hydrogen-bond donors (Lipinski definition) is 1. The zero-order valence-electron chi connectivity index (χ0n) is 14.5. The topological polar surface area (TPSA) is 71.8 Å². The van der Waals surface area contributed by atoms with Crippen molar-refractivity contribution in [1.29, 1.82) is 0 Å². The molecule has 2 aromatic carbocycles. The molecule has 1 N–H and O–H groups in total. The van der Waals surface area contributed by atoms with Crippen molar-refractivity contribution in [2.45, 2.75) is 13.0 Å². The van der Waals surface area contributed by atoms with Gasteiger partial charge in [-0.25, -0.2) is 0 Å². The summed E-state index contributed by atoms with van der Waals surface area (Å²) in [7, 11) is 1.54. The van der Waals surface area contributed by atoms with Gasteiger partial charge in [0.15, 0.2) is 11.9 Å². The van der Waals surface area contributed by atoms with Crippen molar-refractivity contribution >= 4 is 28.5 Å². The number of fused-ring (bicyclic) bond motifs is 2. The van der Waals surface area contributed by atoms with Gasteiger partial charge in [-0.15, -0.1) is 0 Å². The largest absolute Gasteiger partial charge is 0.477 e. The number of furan rings is 1. The van der Waals surface area contributed by atoms with Gasteiger partial charge in [0.2, 0.25) is 0 Å². The maximum atomic E-state index is 13.3. The highest BCUT2D eigenvalue weighted by Crippen LogP contribution is 2.35. The number of likely N-dealkylation sites (N-methyl/N-ethyl adjacent to an activating group) is 1. The smallest absolute Gasteiger partial charge is 0.294 e. The second-order valence-corrected chi connectivity index (χ2v) is 6.16. The van der Waals surface area contributed by atoms with E-state index in [1.807, 2.05) is 37.3 Å². The van der Waals surface area contributed by atoms with Crippen LogP contribution in [0.4, 0.5) is 5.69 Å². The van der Waals surface area contributed by atoms with E-state index < -0.39 is 6.10 Å². The minimum Gasteiger partial charge on any atom is -0.477 e. The van der Waals surface area contributed by atoms with Gasteiger partial charge >= 0.3 is 0 Å². The number of carbonyl (C=O) groups is 2. The fourth-order valence-electron chi connectivity index (χ4n) is 3.23. The van der Waals surface area contributed by atoms with E-state index in [0.717, 1.165) is 10.9 Å². The SMILES string of the molecule is CNC(=O)[C@H]1CN(C(=O)c2oc3ccccc3c2C)c2ccccc2O1. The van der Waals surface area contributed by atoms with Gasteiger partial charge in [0, 0.05) is 18.0 Å². The highest BCUT2D eigenvalue weighted by molar-refractivity contribution is 6.09. The third kappa shape index (κ3) is 2.50. The van der Waals surface area contributed by atoms with Crippen LogP contribution in [-0.4, -0.2) is 31.5 Å². The Balaban J connectivity index is 1.78. The first-order valence-corrected chi connectivity index (χ1v) is 8.37. The highest BCUT2D eigenvalue weighted by atomic mass is 16.5. The molecule has 6 nitrogen and oxygen atoms in total. The Labute approximate surface area is 150 Å². The standard InChI is InChI=1S/C20H18N2O4/c1-12-13-7-3-5-9-15(13)26-18(12)20(24)22-11-17(19(23)21-2)25-16-10-6-4-8-14(16)22/h3-10,17H,11H2,1-2H3,(H,21,23)/t17-/m1/s1. The van der Waals surface area contributed by atoms with Crippen molar-refractivity contribution in [3.8, 4) is 5.75 Å². The zero-order valence-corrected chi connectivity index (χ0v) is 14.5. The Morgan fingerprint density at radius 3 is 2.62 bits per heavy atom. The average Bonchev–Trinajstić information content (AvgIpc) is 3.03. The number of carbonyl (C=O) groups excluding carboxylic acids is 2. The molecule has 6 heteroatoms. The summed E-state index contributed by atoms with van der Waals surface area (Å²) in [6.07, 6.45) is -0.775. The summed E-state index contributed by atoms with van der Waals surface area (Å²) in [5.41, 5.74) is 2.07. The minimum atomic E-state index is -0.775. The van der Waals surface area contributed by atoms with Crippen LogP contribution in [0, 0.1) is 6.92 Å². The van der Waals surface area contributed by atoms with E-state index in [9.17, 15) is 9.59 Å². The maximum absolute atomic E-state index is 13.3. The first-order chi connectivity index (χ1) is 12.6. The maximum Gasteiger partial charge on any atom is 0.294 e. The summed E-state index contributed by atoms with van der Waals surface area (Å²) in [5.74, 6) is 0.204. The number of para-hydroxylation sites is 3. The second-order valence-electron chi connectivity index (χ2n) is 6.16. The molecule has 0 fully saturated rings. The number of ether oxygens (including phenoxy) is 1. The van der Waals surface area contributed by atoms with Crippen molar-refractivity contribution in [2.75, 3.05) is 18.5 Å². The summed E-state index contributed by atoms with van der Waals surface area (Å²) in [5, 5.41) is 3.48. The summed E-state index contributed by atoms with van der Waals surface area (Å²) >= 11 is 0. The third-order valence-electron chi connectivity index (χ3n) is 4.60. The number of benzene rings is 2. The van der Waals surface area contributed by atoms with Gasteiger partial charge in [0.25, 0.3) is 11.8 Å². The van der Waals surface area contributed by atoms with Crippen molar-refractivity contribution in [2.24, 2.45) is 0 Å². The molecule has 0 unspecified atom stereocenters. The van der Waals surface area contributed by atoms with Crippen LogP contribution in [0.5, 0.6) is 5.75 Å². The number of nitrogens with zero attached hydrogens (tertiary/aromatic N) is 1. The fraction of sp³-hybridized carbons (Fsp3) is 0.200. The van der Waals surface area contributed by atoms with Crippen LogP contribution in [0.2, 0.25) is 0 Å². The van der Waals surface area contributed by atoms with Crippen molar-refractivity contribution < 1.29 is 18.7 Å². The first-order valence-electron chi connectivity index (χ1n) is 8.37. The lowest BCUT2D eigenvalue weighted by molar-refractivity contribution is -0.127. The molecule has 1 atom stereocenters. The molecule has 2 amide bonds. The van der Waals surface area contributed by atoms with E-state index >= 15 is 0 Å². The van der Waals surface area contributed by atoms with Gasteiger partial charge in [-0.3, -0.25) is 14.5 Å². The van der Waals surface area contributed by atoms with Crippen LogP contribution in [-0.2, 0) is 4.79 Å². The Kier molecular flexibility index (Phi) is 3.88. The molecule has 3 aromatic rings. The normalized spacial score (nSPS) is 16.1. The third-order valence-corrected chi connectivity index (χ3v) is 4.60. The summed E-state index contributed by atoms with van der Waals surface area (Å²) in [6, 6.07) is 14.7. The van der Waals surface area contributed by atoms with E-state index in [0.29, 0.717) is 17.0 Å². The number of rotatable bonds is 2. The van der Waals surface area contributed by atoms with E-state index in [-0.39, 0.29) is 24.1 Å². The van der Waals surface area contributed by atoms with Gasteiger partial charge in [-0.05, 0) is 25.1 Å². The molecule has 2 heterocycles. The molecule has 132 valence electrons. The summed E-state index contributed by atoms with van der Waals surface area (Å²) < 4.78 is 11.6. The second kappa shape index (κ2) is 6.22. The van der Waals surface area contributed by atoms with E-state index in [1.54, 1.807) is 30.1 Å². The lowest BCUT2D eigenvalue weighted by Crippen LogP contribution is -2.50. The molecule has 0 saturated heterocycles. The quantitative estimate of drug-likeness (QED) is 0.771. The first kappa shape index (κ1) is 16.2. The molecule has 4 rings (SSSR count). The predicted molar refractivity (Wildman–Crippen MR) is 97.6 cm³/mol. The Morgan fingerprint density at radius 2 is 1.85 bits per heavy atom. The highest BCUT2D eigenvalue weighted by Gasteiger charge is 2.35. The van der Waals surface area contributed by atoms with Gasteiger partial charge in [-0.2, -0.15) is 0 Å². The van der Waals surface area contributed by atoms with Gasteiger partial charge in [-0.1, -0.05) is 30.3 Å². The van der Waals surface area contributed by atoms with Gasteiger partial charge < -0.3 is 14.5 Å². The van der Waals surface area contributed by atoms with E-state index in [1.165, 1.54) is 0 Å². The van der Waals surface area contributed by atoms with E-state index in [4.69, 9.17) is 9.15 Å². The molecular weight excluding hydrogens is 332 g/mol. The Hall–Kier alpha value is -3.28. The van der Waals surface area contributed by atoms with Crippen molar-refractivity contribution in [1.82, 2.24) is 5.32 Å². The number of nitrogens with one attached hydrogen (secondary N) is 1. The van der Waals surface area contributed by atoms with Crippen LogP contribution in [0.25, 0.3) is 11.0 Å². The number of amides is 2. The fourth-order valence-corrected chi connectivity index (χ4v) is 3.23. The number of hydrogen-bond acceptors (Lipinski definition) is 4. The van der Waals surface area contributed by atoms with Crippen molar-refractivity contribution in [3.63, 3.8) is 0 Å². The van der Waals surface area contributed by atoms with Gasteiger partial charge in [0.1, 0.15) is 11.3 Å². The summed E-state index contributed by atoms with van der Waals surface area (Å²) in [6.45, 7) is 1.98. The molecule has 1 aliphatic heterocycles. The summed E-state index contributed by atoms with van der Waals surface area (Å²) in [4.78, 5) is 26.9. The van der Waals surface area contributed by atoms with E-state index in [2.05, 4.69) is 5.32 Å². The molecule has 1 aromatic heterocycles. The van der Waals surface area contributed by atoms with Crippen LogP contribution >= 0.6 is 0 Å². The van der Waals surface area contributed by atoms with Crippen LogP contribution in [0.1, 0.15) is 16.1 Å². The number of anilines is 1. The molecule has 26 heavy (non-hydrogen) atoms. The molecule has 0 radical (unpaired) electrons. The predicted octanol–water partition coefficient (Wildman–Crippen LogP) is 2.90. The van der Waals surface area contributed by atoms with Crippen LogP contribution in [0.15, 0.2) is 52.9 Å². The Morgan fingerprint density at radius 1 is 1.12 bits per heavy atom. The average molecular weight is 350 g/mol.